The van der Waals surface area contributed by atoms with Crippen molar-refractivity contribution >= 4 is 23.1 Å². The number of anilines is 1. The van der Waals surface area contributed by atoms with E-state index >= 15 is 0 Å². The molecule has 2 heterocycles. The molecular weight excluding hydrogens is 382 g/mol. The Morgan fingerprint density at radius 2 is 2.13 bits per heavy atom. The van der Waals surface area contributed by atoms with Crippen LogP contribution in [0.4, 0.5) is 5.69 Å². The van der Waals surface area contributed by atoms with Crippen molar-refractivity contribution in [3.05, 3.63) is 47.3 Å². The van der Waals surface area contributed by atoms with E-state index in [2.05, 4.69) is 40.2 Å². The lowest BCUT2D eigenvalue weighted by molar-refractivity contribution is -0.142. The summed E-state index contributed by atoms with van der Waals surface area (Å²) in [6.07, 6.45) is 6.32. The van der Waals surface area contributed by atoms with Crippen LogP contribution in [0.3, 0.4) is 0 Å². The van der Waals surface area contributed by atoms with Gasteiger partial charge in [-0.25, -0.2) is 4.98 Å². The molecule has 2 aromatic heterocycles. The zero-order valence-corrected chi connectivity index (χ0v) is 17.4. The lowest BCUT2D eigenvalue weighted by Crippen LogP contribution is -2.18. The molecule has 0 spiro atoms. The first-order valence-electron chi connectivity index (χ1n) is 9.93. The molecule has 0 aromatic carbocycles. The average Bonchev–Trinajstić information content (AvgIpc) is 3.19. The number of aromatic nitrogens is 3. The number of imidazole rings is 1. The predicted molar refractivity (Wildman–Crippen MR) is 111 cm³/mol. The maximum absolute atomic E-state index is 12.6. The van der Waals surface area contributed by atoms with Gasteiger partial charge < -0.3 is 15.0 Å². The minimum atomic E-state index is -0.463. The van der Waals surface area contributed by atoms with Crippen molar-refractivity contribution in [1.29, 1.82) is 5.26 Å². The van der Waals surface area contributed by atoms with Crippen molar-refractivity contribution in [2.75, 3.05) is 11.9 Å². The zero-order chi connectivity index (χ0) is 21.7. The van der Waals surface area contributed by atoms with Crippen LogP contribution in [0, 0.1) is 16.7 Å². The molecule has 0 unspecified atom stereocenters. The highest BCUT2D eigenvalue weighted by molar-refractivity contribution is 6.03. The molecule has 156 valence electrons. The molecule has 0 aliphatic heterocycles. The third-order valence-corrected chi connectivity index (χ3v) is 5.02. The number of rotatable bonds is 6. The molecule has 0 saturated heterocycles. The molecule has 3 rings (SSSR count). The largest absolute Gasteiger partial charge is 0.466 e. The molecule has 0 saturated carbocycles. The first-order valence-corrected chi connectivity index (χ1v) is 9.93. The highest BCUT2D eigenvalue weighted by Gasteiger charge is 2.25. The van der Waals surface area contributed by atoms with Crippen LogP contribution in [0.15, 0.2) is 24.4 Å². The van der Waals surface area contributed by atoms with Gasteiger partial charge in [0.1, 0.15) is 6.07 Å². The molecule has 1 aliphatic rings. The number of pyridine rings is 1. The summed E-state index contributed by atoms with van der Waals surface area (Å²) in [6.45, 7) is 6.51. The monoisotopic (exact) mass is 407 g/mol. The van der Waals surface area contributed by atoms with Gasteiger partial charge in [0.15, 0.2) is 11.5 Å². The number of hydrogen-bond donors (Lipinski definition) is 2. The number of H-pyrrole nitrogens is 1. The van der Waals surface area contributed by atoms with E-state index in [0.29, 0.717) is 23.7 Å². The van der Waals surface area contributed by atoms with Crippen LogP contribution in [0.5, 0.6) is 0 Å². The number of aromatic amines is 1. The Hall–Kier alpha value is -3.47. The van der Waals surface area contributed by atoms with Gasteiger partial charge in [-0.3, -0.25) is 14.6 Å². The van der Waals surface area contributed by atoms with Crippen LogP contribution in [-0.2, 0) is 16.0 Å². The summed E-state index contributed by atoms with van der Waals surface area (Å²) >= 11 is 0. The van der Waals surface area contributed by atoms with Gasteiger partial charge in [0.25, 0.3) is 5.91 Å². The lowest BCUT2D eigenvalue weighted by atomic mass is 9.77. The third-order valence-electron chi connectivity index (χ3n) is 5.02. The highest BCUT2D eigenvalue weighted by Crippen LogP contribution is 2.39. The summed E-state index contributed by atoms with van der Waals surface area (Å²) in [7, 11) is 0. The maximum atomic E-state index is 12.6. The van der Waals surface area contributed by atoms with Gasteiger partial charge in [-0.15, -0.1) is 0 Å². The molecule has 8 nitrogen and oxygen atoms in total. The fraction of sp³-hybridized carbons (Fsp3) is 0.409. The summed E-state index contributed by atoms with van der Waals surface area (Å²) < 4.78 is 5.02. The Kier molecular flexibility index (Phi) is 6.31. The van der Waals surface area contributed by atoms with Crippen LogP contribution in [0.2, 0.25) is 0 Å². The molecule has 0 radical (unpaired) electrons. The van der Waals surface area contributed by atoms with Crippen LogP contribution in [-0.4, -0.2) is 33.4 Å². The lowest BCUT2D eigenvalue weighted by Gasteiger charge is -2.29. The minimum Gasteiger partial charge on any atom is -0.466 e. The Bertz CT molecular complexity index is 1030. The van der Waals surface area contributed by atoms with E-state index in [1.165, 1.54) is 6.20 Å². The summed E-state index contributed by atoms with van der Waals surface area (Å²) in [5.74, 6) is -0.757. The van der Waals surface area contributed by atoms with E-state index < -0.39 is 5.91 Å². The van der Waals surface area contributed by atoms with E-state index in [1.807, 2.05) is 6.07 Å². The number of hydrogen-bond acceptors (Lipinski definition) is 6. The Morgan fingerprint density at radius 3 is 2.77 bits per heavy atom. The molecule has 8 heteroatoms. The molecule has 30 heavy (non-hydrogen) atoms. The molecule has 0 fully saturated rings. The zero-order valence-electron chi connectivity index (χ0n) is 17.4. The van der Waals surface area contributed by atoms with Crippen molar-refractivity contribution in [1.82, 2.24) is 15.0 Å². The number of carbonyl (C=O) groups is 2. The Labute approximate surface area is 175 Å². The van der Waals surface area contributed by atoms with Gasteiger partial charge in [-0.05, 0) is 49.3 Å². The maximum Gasteiger partial charge on any atom is 0.311 e. The van der Waals surface area contributed by atoms with Crippen LogP contribution in [0.25, 0.3) is 5.57 Å². The Balaban J connectivity index is 1.91. The third kappa shape index (κ3) is 5.11. The van der Waals surface area contributed by atoms with E-state index in [9.17, 15) is 9.59 Å². The quantitative estimate of drug-likeness (QED) is 0.706. The SMILES string of the molecule is CCOC(=O)Cc1ccc(NC(=O)c2nc(C#N)c[nH]2)c(C2=CCC(C)(C)CC2)n1. The second kappa shape index (κ2) is 8.91. The molecular formula is C22H25N5O3. The van der Waals surface area contributed by atoms with Gasteiger partial charge in [-0.2, -0.15) is 5.26 Å². The molecule has 1 aliphatic carbocycles. The van der Waals surface area contributed by atoms with Crippen LogP contribution < -0.4 is 5.32 Å². The van der Waals surface area contributed by atoms with Crippen LogP contribution in [0.1, 0.15) is 67.7 Å². The number of amides is 1. The molecule has 0 bridgehead atoms. The second-order valence-corrected chi connectivity index (χ2v) is 7.98. The number of ether oxygens (including phenoxy) is 1. The van der Waals surface area contributed by atoms with Gasteiger partial charge in [0.2, 0.25) is 0 Å². The van der Waals surface area contributed by atoms with Gasteiger partial charge >= 0.3 is 5.97 Å². The van der Waals surface area contributed by atoms with Gasteiger partial charge in [0, 0.05) is 6.20 Å². The number of allylic oxidation sites excluding steroid dienone is 2. The number of carbonyl (C=O) groups excluding carboxylic acids is 2. The summed E-state index contributed by atoms with van der Waals surface area (Å²) in [5, 5.41) is 11.7. The van der Waals surface area contributed by atoms with E-state index in [-0.39, 0.29) is 29.3 Å². The highest BCUT2D eigenvalue weighted by atomic mass is 16.5. The van der Waals surface area contributed by atoms with E-state index in [4.69, 9.17) is 10.00 Å². The summed E-state index contributed by atoms with van der Waals surface area (Å²) in [5.41, 5.74) is 3.16. The number of nitriles is 1. The molecule has 2 N–H and O–H groups in total. The fourth-order valence-corrected chi connectivity index (χ4v) is 3.27. The summed E-state index contributed by atoms with van der Waals surface area (Å²) in [4.78, 5) is 35.8. The number of esters is 1. The smallest absolute Gasteiger partial charge is 0.311 e. The number of nitrogens with one attached hydrogen (secondary N) is 2. The first-order chi connectivity index (χ1) is 14.3. The standard InChI is InChI=1S/C22H25N5O3/c1-4-30-18(28)11-15-5-6-17(27-21(29)20-24-13-16(12-23)26-20)19(25-15)14-7-9-22(2,3)10-8-14/h5-7,13H,4,8-11H2,1-3H3,(H,24,26)(H,27,29). The predicted octanol–water partition coefficient (Wildman–Crippen LogP) is 3.63. The minimum absolute atomic E-state index is 0.0480. The van der Waals surface area contributed by atoms with Gasteiger partial charge in [-0.1, -0.05) is 19.9 Å². The van der Waals surface area contributed by atoms with Crippen molar-refractivity contribution in [3.8, 4) is 6.07 Å². The van der Waals surface area contributed by atoms with E-state index in [1.54, 1.807) is 19.1 Å². The normalized spacial score (nSPS) is 15.1. The Morgan fingerprint density at radius 1 is 1.33 bits per heavy atom. The first kappa shape index (κ1) is 21.2. The fourth-order valence-electron chi connectivity index (χ4n) is 3.27. The van der Waals surface area contributed by atoms with Crippen LogP contribution >= 0.6 is 0 Å². The molecule has 2 aromatic rings. The van der Waals surface area contributed by atoms with Crippen molar-refractivity contribution in [2.24, 2.45) is 5.41 Å². The average molecular weight is 407 g/mol. The van der Waals surface area contributed by atoms with Crippen molar-refractivity contribution < 1.29 is 14.3 Å². The van der Waals surface area contributed by atoms with E-state index in [0.717, 1.165) is 24.8 Å². The molecule has 1 amide bonds. The summed E-state index contributed by atoms with van der Waals surface area (Å²) in [6, 6.07) is 5.33. The van der Waals surface area contributed by atoms with Crippen molar-refractivity contribution in [3.63, 3.8) is 0 Å². The van der Waals surface area contributed by atoms with Gasteiger partial charge in [0.05, 0.1) is 30.1 Å². The van der Waals surface area contributed by atoms with Crippen molar-refractivity contribution in [2.45, 2.75) is 46.5 Å². The second-order valence-electron chi connectivity index (χ2n) is 7.98. The topological polar surface area (TPSA) is 121 Å². The number of nitrogens with zero attached hydrogens (tertiary/aromatic N) is 3. The molecule has 0 atom stereocenters.